The second kappa shape index (κ2) is 6.81. The third-order valence-corrected chi connectivity index (χ3v) is 5.37. The maximum absolute atomic E-state index is 13.0. The maximum atomic E-state index is 13.0. The molecular formula is C18H20FNO2S. The van der Waals surface area contributed by atoms with Crippen LogP contribution in [0.15, 0.2) is 36.4 Å². The Bertz CT molecular complexity index is 683. The van der Waals surface area contributed by atoms with Gasteiger partial charge in [-0.2, -0.15) is 0 Å². The first-order valence-electron chi connectivity index (χ1n) is 7.81. The molecule has 0 saturated carbocycles. The van der Waals surface area contributed by atoms with Crippen LogP contribution in [0.1, 0.15) is 18.2 Å². The molecule has 1 aliphatic heterocycles. The maximum Gasteiger partial charge on any atom is 0.307 e. The Kier molecular flexibility index (Phi) is 4.78. The van der Waals surface area contributed by atoms with Crippen LogP contribution >= 0.6 is 11.3 Å². The summed E-state index contributed by atoms with van der Waals surface area (Å²) in [6, 6.07) is 10.6. The second-order valence-electron chi connectivity index (χ2n) is 6.34. The molecule has 1 saturated heterocycles. The lowest BCUT2D eigenvalue weighted by atomic mass is 9.90. The monoisotopic (exact) mass is 333 g/mol. The van der Waals surface area contributed by atoms with Gasteiger partial charge in [0.25, 0.3) is 0 Å². The zero-order valence-corrected chi connectivity index (χ0v) is 13.9. The highest BCUT2D eigenvalue weighted by Crippen LogP contribution is 2.30. The predicted molar refractivity (Wildman–Crippen MR) is 89.9 cm³/mol. The normalized spacial score (nSPS) is 22.2. The molecular weight excluding hydrogens is 313 g/mol. The van der Waals surface area contributed by atoms with Gasteiger partial charge in [-0.3, -0.25) is 9.69 Å². The van der Waals surface area contributed by atoms with E-state index in [9.17, 15) is 14.3 Å². The van der Waals surface area contributed by atoms with Crippen molar-refractivity contribution in [3.8, 4) is 10.4 Å². The van der Waals surface area contributed by atoms with Crippen molar-refractivity contribution in [2.24, 2.45) is 11.8 Å². The van der Waals surface area contributed by atoms with E-state index in [4.69, 9.17) is 0 Å². The summed E-state index contributed by atoms with van der Waals surface area (Å²) >= 11 is 1.68. The third kappa shape index (κ3) is 3.98. The first kappa shape index (κ1) is 16.1. The summed E-state index contributed by atoms with van der Waals surface area (Å²) in [7, 11) is 0. The van der Waals surface area contributed by atoms with Crippen molar-refractivity contribution in [2.75, 3.05) is 13.1 Å². The van der Waals surface area contributed by atoms with Crippen LogP contribution in [-0.4, -0.2) is 29.1 Å². The highest BCUT2D eigenvalue weighted by Gasteiger charge is 2.29. The van der Waals surface area contributed by atoms with Gasteiger partial charge in [-0.25, -0.2) is 4.39 Å². The number of carboxylic acids is 1. The van der Waals surface area contributed by atoms with Crippen molar-refractivity contribution in [1.82, 2.24) is 4.90 Å². The van der Waals surface area contributed by atoms with Gasteiger partial charge >= 0.3 is 5.97 Å². The minimum Gasteiger partial charge on any atom is -0.481 e. The number of carboxylic acid groups (broad SMARTS) is 1. The first-order chi connectivity index (χ1) is 11.0. The zero-order chi connectivity index (χ0) is 16.4. The highest BCUT2D eigenvalue weighted by atomic mass is 32.1. The fourth-order valence-corrected chi connectivity index (χ4v) is 4.28. The van der Waals surface area contributed by atoms with Gasteiger partial charge in [0.1, 0.15) is 5.82 Å². The van der Waals surface area contributed by atoms with Gasteiger partial charge < -0.3 is 5.11 Å². The molecule has 0 radical (unpaired) electrons. The quantitative estimate of drug-likeness (QED) is 0.916. The van der Waals surface area contributed by atoms with Gasteiger partial charge in [0.05, 0.1) is 5.92 Å². The summed E-state index contributed by atoms with van der Waals surface area (Å²) in [6.07, 6.45) is 0.761. The van der Waals surface area contributed by atoms with Crippen molar-refractivity contribution in [3.63, 3.8) is 0 Å². The van der Waals surface area contributed by atoms with Crippen LogP contribution in [0.2, 0.25) is 0 Å². The number of hydrogen-bond donors (Lipinski definition) is 1. The molecule has 2 atom stereocenters. The SMILES string of the molecule is CC1CC(C(=O)O)CN(Cc2ccc(-c3ccc(F)cc3)s2)C1. The summed E-state index contributed by atoms with van der Waals surface area (Å²) in [6.45, 7) is 4.44. The highest BCUT2D eigenvalue weighted by molar-refractivity contribution is 7.15. The summed E-state index contributed by atoms with van der Waals surface area (Å²) in [5.41, 5.74) is 1.01. The molecule has 0 bridgehead atoms. The molecule has 1 fully saturated rings. The number of carbonyl (C=O) groups is 1. The van der Waals surface area contributed by atoms with Crippen LogP contribution < -0.4 is 0 Å². The van der Waals surface area contributed by atoms with Crippen molar-refractivity contribution < 1.29 is 14.3 Å². The van der Waals surface area contributed by atoms with Gasteiger partial charge in [-0.05, 0) is 42.2 Å². The number of thiophene rings is 1. The molecule has 1 aromatic carbocycles. The molecule has 23 heavy (non-hydrogen) atoms. The standard InChI is InChI=1S/C18H20FNO2S/c1-12-8-14(18(21)22)10-20(9-12)11-16-6-7-17(23-16)13-2-4-15(19)5-3-13/h2-7,12,14H,8-11H2,1H3,(H,21,22). The minimum atomic E-state index is -0.695. The van der Waals surface area contributed by atoms with E-state index in [-0.39, 0.29) is 11.7 Å². The predicted octanol–water partition coefficient (Wildman–Crippen LogP) is 4.10. The van der Waals surface area contributed by atoms with E-state index in [1.165, 1.54) is 17.0 Å². The van der Waals surface area contributed by atoms with Gasteiger partial charge in [-0.1, -0.05) is 19.1 Å². The van der Waals surface area contributed by atoms with Crippen LogP contribution in [-0.2, 0) is 11.3 Å². The molecule has 122 valence electrons. The van der Waals surface area contributed by atoms with E-state index in [0.717, 1.165) is 30.0 Å². The lowest BCUT2D eigenvalue weighted by Crippen LogP contribution is -2.41. The Morgan fingerprint density at radius 2 is 2.00 bits per heavy atom. The molecule has 0 spiro atoms. The number of aliphatic carboxylic acids is 1. The molecule has 1 N–H and O–H groups in total. The number of nitrogens with zero attached hydrogens (tertiary/aromatic N) is 1. The lowest BCUT2D eigenvalue weighted by molar-refractivity contribution is -0.144. The van der Waals surface area contributed by atoms with Crippen molar-refractivity contribution >= 4 is 17.3 Å². The van der Waals surface area contributed by atoms with Crippen LogP contribution in [0.3, 0.4) is 0 Å². The Balaban J connectivity index is 1.69. The summed E-state index contributed by atoms with van der Waals surface area (Å²) in [5, 5.41) is 9.26. The van der Waals surface area contributed by atoms with E-state index in [2.05, 4.69) is 24.0 Å². The van der Waals surface area contributed by atoms with E-state index in [0.29, 0.717) is 12.5 Å². The molecule has 0 aliphatic carbocycles. The number of halogens is 1. The number of hydrogen-bond acceptors (Lipinski definition) is 3. The fraction of sp³-hybridized carbons (Fsp3) is 0.389. The van der Waals surface area contributed by atoms with E-state index >= 15 is 0 Å². The molecule has 2 aromatic rings. The minimum absolute atomic E-state index is 0.229. The molecule has 1 aliphatic rings. The number of piperidine rings is 1. The van der Waals surface area contributed by atoms with Crippen LogP contribution in [0, 0.1) is 17.7 Å². The van der Waals surface area contributed by atoms with E-state index < -0.39 is 5.97 Å². The van der Waals surface area contributed by atoms with E-state index in [1.807, 2.05) is 0 Å². The fourth-order valence-electron chi connectivity index (χ4n) is 3.22. The molecule has 3 rings (SSSR count). The molecule has 0 amide bonds. The molecule has 5 heteroatoms. The average Bonchev–Trinajstić information content (AvgIpc) is 2.95. The smallest absolute Gasteiger partial charge is 0.307 e. The zero-order valence-electron chi connectivity index (χ0n) is 13.0. The third-order valence-electron chi connectivity index (χ3n) is 4.25. The number of likely N-dealkylation sites (tertiary alicyclic amines) is 1. The van der Waals surface area contributed by atoms with Crippen molar-refractivity contribution in [2.45, 2.75) is 19.9 Å². The Morgan fingerprint density at radius 1 is 1.26 bits per heavy atom. The van der Waals surface area contributed by atoms with Crippen molar-refractivity contribution in [1.29, 1.82) is 0 Å². The molecule has 2 heterocycles. The molecule has 2 unspecified atom stereocenters. The largest absolute Gasteiger partial charge is 0.481 e. The average molecular weight is 333 g/mol. The second-order valence-corrected chi connectivity index (χ2v) is 7.51. The first-order valence-corrected chi connectivity index (χ1v) is 8.62. The number of rotatable bonds is 4. The Hall–Kier alpha value is -1.72. The van der Waals surface area contributed by atoms with Crippen LogP contribution in [0.25, 0.3) is 10.4 Å². The van der Waals surface area contributed by atoms with Crippen LogP contribution in [0.5, 0.6) is 0 Å². The van der Waals surface area contributed by atoms with E-state index in [1.54, 1.807) is 23.5 Å². The van der Waals surface area contributed by atoms with Crippen LogP contribution in [0.4, 0.5) is 4.39 Å². The van der Waals surface area contributed by atoms with Gasteiger partial charge in [0.2, 0.25) is 0 Å². The summed E-state index contributed by atoms with van der Waals surface area (Å²) in [5.74, 6) is -0.788. The van der Waals surface area contributed by atoms with Gasteiger partial charge in [-0.15, -0.1) is 11.3 Å². The number of benzene rings is 1. The Labute approximate surface area is 139 Å². The van der Waals surface area contributed by atoms with Crippen molar-refractivity contribution in [3.05, 3.63) is 47.1 Å². The molecule has 3 nitrogen and oxygen atoms in total. The Morgan fingerprint density at radius 3 is 2.70 bits per heavy atom. The topological polar surface area (TPSA) is 40.5 Å². The summed E-state index contributed by atoms with van der Waals surface area (Å²) in [4.78, 5) is 15.8. The van der Waals surface area contributed by atoms with Gasteiger partial charge in [0.15, 0.2) is 0 Å². The van der Waals surface area contributed by atoms with Gasteiger partial charge in [0, 0.05) is 29.4 Å². The summed E-state index contributed by atoms with van der Waals surface area (Å²) < 4.78 is 13.0. The lowest BCUT2D eigenvalue weighted by Gasteiger charge is -2.34. The molecule has 1 aromatic heterocycles.